The summed E-state index contributed by atoms with van der Waals surface area (Å²) in [6, 6.07) is 24.9. The van der Waals surface area contributed by atoms with E-state index in [1.54, 1.807) is 0 Å². The summed E-state index contributed by atoms with van der Waals surface area (Å²) in [5.41, 5.74) is 5.60. The van der Waals surface area contributed by atoms with Gasteiger partial charge in [-0.2, -0.15) is 0 Å². The molecule has 0 bridgehead atoms. The number of rotatable bonds is 4. The Kier molecular flexibility index (Phi) is 4.71. The molecule has 1 unspecified atom stereocenters. The van der Waals surface area contributed by atoms with Crippen LogP contribution in [0.1, 0.15) is 41.8 Å². The molecule has 2 heteroatoms. The summed E-state index contributed by atoms with van der Waals surface area (Å²) in [7, 11) is 0. The van der Waals surface area contributed by atoms with Gasteiger partial charge in [0.1, 0.15) is 0 Å². The van der Waals surface area contributed by atoms with Crippen LogP contribution in [0.15, 0.2) is 72.9 Å². The van der Waals surface area contributed by atoms with E-state index in [4.69, 9.17) is 0 Å². The van der Waals surface area contributed by atoms with E-state index in [0.717, 1.165) is 26.1 Å². The van der Waals surface area contributed by atoms with Crippen molar-refractivity contribution in [3.63, 3.8) is 0 Å². The molecule has 0 saturated carbocycles. The fourth-order valence-electron chi connectivity index (χ4n) is 3.94. The number of aromatic nitrogens is 1. The van der Waals surface area contributed by atoms with E-state index < -0.39 is 0 Å². The lowest BCUT2D eigenvalue weighted by Crippen LogP contribution is -2.29. The zero-order chi connectivity index (χ0) is 17.1. The predicted molar refractivity (Wildman–Crippen MR) is 104 cm³/mol. The van der Waals surface area contributed by atoms with Crippen LogP contribution in [0.5, 0.6) is 0 Å². The Morgan fingerprint density at radius 1 is 0.840 bits per heavy atom. The van der Waals surface area contributed by atoms with Crippen LogP contribution >= 0.6 is 0 Å². The number of benzene rings is 2. The minimum atomic E-state index is 0.323. The topological polar surface area (TPSA) is 8.17 Å². The van der Waals surface area contributed by atoms with Crippen LogP contribution < -0.4 is 0 Å². The summed E-state index contributed by atoms with van der Waals surface area (Å²) in [5.74, 6) is 0. The minimum absolute atomic E-state index is 0.323. The van der Waals surface area contributed by atoms with E-state index in [-0.39, 0.29) is 0 Å². The Labute approximate surface area is 150 Å². The van der Waals surface area contributed by atoms with Gasteiger partial charge in [-0.3, -0.25) is 4.90 Å². The molecule has 0 aliphatic carbocycles. The van der Waals surface area contributed by atoms with E-state index in [9.17, 15) is 0 Å². The molecule has 0 radical (unpaired) electrons. The van der Waals surface area contributed by atoms with Crippen molar-refractivity contribution >= 4 is 0 Å². The highest BCUT2D eigenvalue weighted by Crippen LogP contribution is 2.33. The summed E-state index contributed by atoms with van der Waals surface area (Å²) in [6.07, 6.45) is 4.52. The van der Waals surface area contributed by atoms with Crippen molar-refractivity contribution in [2.24, 2.45) is 0 Å². The highest BCUT2D eigenvalue weighted by atomic mass is 15.2. The van der Waals surface area contributed by atoms with Gasteiger partial charge in [0.05, 0.1) is 6.04 Å². The van der Waals surface area contributed by atoms with Crippen LogP contribution in [0.25, 0.3) is 0 Å². The number of fused-ring (bicyclic) bond motifs is 1. The monoisotopic (exact) mass is 330 g/mol. The third-order valence-corrected chi connectivity index (χ3v) is 5.29. The van der Waals surface area contributed by atoms with Crippen molar-refractivity contribution in [1.82, 2.24) is 9.47 Å². The van der Waals surface area contributed by atoms with Gasteiger partial charge in [0, 0.05) is 31.5 Å². The molecule has 3 aromatic rings. The van der Waals surface area contributed by atoms with Gasteiger partial charge >= 0.3 is 0 Å². The van der Waals surface area contributed by atoms with Gasteiger partial charge in [-0.1, -0.05) is 61.5 Å². The number of nitrogens with zero attached hydrogens (tertiary/aromatic N) is 2. The second-order valence-corrected chi connectivity index (χ2v) is 6.93. The average Bonchev–Trinajstić information content (AvgIpc) is 3.04. The van der Waals surface area contributed by atoms with Gasteiger partial charge in [-0.25, -0.2) is 0 Å². The molecule has 2 aromatic carbocycles. The standard InChI is InChI=1S/C23H26N2/c1-2-19-11-13-21(14-12-19)23-22-10-6-15-24(22)16-7-17-25(23)18-20-8-4-3-5-9-20/h3-6,8-15,23H,2,7,16-18H2,1H3. The third kappa shape index (κ3) is 3.40. The van der Waals surface area contributed by atoms with Gasteiger partial charge in [-0.05, 0) is 41.7 Å². The van der Waals surface area contributed by atoms with Crippen LogP contribution in [-0.4, -0.2) is 16.0 Å². The smallest absolute Gasteiger partial charge is 0.0759 e. The van der Waals surface area contributed by atoms with Gasteiger partial charge in [0.2, 0.25) is 0 Å². The molecule has 4 rings (SSSR count). The third-order valence-electron chi connectivity index (χ3n) is 5.29. The Morgan fingerprint density at radius 3 is 2.40 bits per heavy atom. The van der Waals surface area contributed by atoms with Gasteiger partial charge in [0.15, 0.2) is 0 Å². The lowest BCUT2D eigenvalue weighted by Gasteiger charge is -2.31. The van der Waals surface area contributed by atoms with E-state index in [1.807, 2.05) is 0 Å². The SMILES string of the molecule is CCc1ccc(C2c3cccn3CCCN2Cc2ccccc2)cc1. The minimum Gasteiger partial charge on any atom is -0.350 e. The maximum atomic E-state index is 2.63. The highest BCUT2D eigenvalue weighted by molar-refractivity contribution is 5.32. The van der Waals surface area contributed by atoms with Crippen molar-refractivity contribution in [3.05, 3.63) is 95.3 Å². The van der Waals surface area contributed by atoms with Crippen molar-refractivity contribution < 1.29 is 0 Å². The largest absolute Gasteiger partial charge is 0.350 e. The normalized spacial score (nSPS) is 17.9. The molecule has 1 aromatic heterocycles. The first-order valence-electron chi connectivity index (χ1n) is 9.37. The molecule has 2 heterocycles. The zero-order valence-corrected chi connectivity index (χ0v) is 14.9. The van der Waals surface area contributed by atoms with Crippen molar-refractivity contribution in [2.75, 3.05) is 6.54 Å². The molecule has 0 N–H and O–H groups in total. The molecule has 0 amide bonds. The highest BCUT2D eigenvalue weighted by Gasteiger charge is 2.27. The summed E-state index contributed by atoms with van der Waals surface area (Å²) in [5, 5.41) is 0. The van der Waals surface area contributed by atoms with E-state index in [1.165, 1.54) is 28.8 Å². The Hall–Kier alpha value is -2.32. The van der Waals surface area contributed by atoms with Crippen LogP contribution in [-0.2, 0) is 19.5 Å². The fourth-order valence-corrected chi connectivity index (χ4v) is 3.94. The Balaban J connectivity index is 1.72. The van der Waals surface area contributed by atoms with Crippen LogP contribution in [0.3, 0.4) is 0 Å². The van der Waals surface area contributed by atoms with Gasteiger partial charge in [-0.15, -0.1) is 0 Å². The average molecular weight is 330 g/mol. The maximum absolute atomic E-state index is 2.63. The number of hydrogen-bond acceptors (Lipinski definition) is 1. The summed E-state index contributed by atoms with van der Waals surface area (Å²) in [6.45, 7) is 5.44. The van der Waals surface area contributed by atoms with Gasteiger partial charge < -0.3 is 4.57 Å². The van der Waals surface area contributed by atoms with Crippen molar-refractivity contribution in [1.29, 1.82) is 0 Å². The molecule has 1 aliphatic rings. The number of hydrogen-bond donors (Lipinski definition) is 0. The lowest BCUT2D eigenvalue weighted by molar-refractivity contribution is 0.220. The van der Waals surface area contributed by atoms with Crippen molar-refractivity contribution in [2.45, 2.75) is 38.9 Å². The first kappa shape index (κ1) is 16.2. The molecule has 0 fully saturated rings. The van der Waals surface area contributed by atoms with Gasteiger partial charge in [0.25, 0.3) is 0 Å². The van der Waals surface area contributed by atoms with Crippen molar-refractivity contribution in [3.8, 4) is 0 Å². The molecule has 0 saturated heterocycles. The quantitative estimate of drug-likeness (QED) is 0.650. The lowest BCUT2D eigenvalue weighted by atomic mass is 9.99. The molecular formula is C23H26N2. The molecule has 1 aliphatic heterocycles. The van der Waals surface area contributed by atoms with Crippen LogP contribution in [0.4, 0.5) is 0 Å². The summed E-state index contributed by atoms with van der Waals surface area (Å²) >= 11 is 0. The van der Waals surface area contributed by atoms with E-state index in [2.05, 4.69) is 89.3 Å². The Morgan fingerprint density at radius 2 is 1.64 bits per heavy atom. The van der Waals surface area contributed by atoms with E-state index in [0.29, 0.717) is 6.04 Å². The van der Waals surface area contributed by atoms with Crippen LogP contribution in [0.2, 0.25) is 0 Å². The molecule has 128 valence electrons. The molecule has 25 heavy (non-hydrogen) atoms. The molecule has 2 nitrogen and oxygen atoms in total. The summed E-state index contributed by atoms with van der Waals surface area (Å²) in [4.78, 5) is 2.63. The Bertz CT molecular complexity index is 802. The second-order valence-electron chi connectivity index (χ2n) is 6.93. The van der Waals surface area contributed by atoms with Crippen LogP contribution in [0, 0.1) is 0 Å². The molecular weight excluding hydrogens is 304 g/mol. The molecule has 1 atom stereocenters. The maximum Gasteiger partial charge on any atom is 0.0759 e. The first-order chi connectivity index (χ1) is 12.3. The zero-order valence-electron chi connectivity index (χ0n) is 14.9. The van der Waals surface area contributed by atoms with E-state index >= 15 is 0 Å². The first-order valence-corrected chi connectivity index (χ1v) is 9.37. The fraction of sp³-hybridized carbons (Fsp3) is 0.304. The molecule has 0 spiro atoms. The summed E-state index contributed by atoms with van der Waals surface area (Å²) < 4.78 is 2.43. The predicted octanol–water partition coefficient (Wildman–Crippen LogP) is 5.05. The second kappa shape index (κ2) is 7.28. The number of aryl methyl sites for hydroxylation is 2.